The van der Waals surface area contributed by atoms with Crippen molar-refractivity contribution >= 4 is 11.6 Å². The fraction of sp³-hybridized carbons (Fsp3) is 0.286. The molecule has 0 N–H and O–H groups in total. The zero-order chi connectivity index (χ0) is 12.4. The first kappa shape index (κ1) is 11.7. The SMILES string of the molecule is Cc1ccccc1C(=O)C1=CC(=O)COC1C. The average Bonchev–Trinajstić information content (AvgIpc) is 2.32. The minimum atomic E-state index is -0.320. The maximum absolute atomic E-state index is 12.3. The third-order valence-electron chi connectivity index (χ3n) is 2.88. The molecule has 0 saturated heterocycles. The second-order valence-corrected chi connectivity index (χ2v) is 4.16. The van der Waals surface area contributed by atoms with Gasteiger partial charge >= 0.3 is 0 Å². The van der Waals surface area contributed by atoms with Crippen molar-refractivity contribution in [2.45, 2.75) is 20.0 Å². The maximum atomic E-state index is 12.3. The van der Waals surface area contributed by atoms with Gasteiger partial charge in [-0.25, -0.2) is 0 Å². The summed E-state index contributed by atoms with van der Waals surface area (Å²) >= 11 is 0. The molecule has 1 unspecified atom stereocenters. The topological polar surface area (TPSA) is 43.4 Å². The van der Waals surface area contributed by atoms with Gasteiger partial charge in [0.1, 0.15) is 6.61 Å². The van der Waals surface area contributed by atoms with Crippen LogP contribution in [0.1, 0.15) is 22.8 Å². The summed E-state index contributed by atoms with van der Waals surface area (Å²) in [6.07, 6.45) is 1.09. The molecule has 0 saturated carbocycles. The van der Waals surface area contributed by atoms with E-state index in [-0.39, 0.29) is 24.3 Å². The van der Waals surface area contributed by atoms with Crippen LogP contribution >= 0.6 is 0 Å². The summed E-state index contributed by atoms with van der Waals surface area (Å²) in [5, 5.41) is 0. The Morgan fingerprint density at radius 2 is 2.06 bits per heavy atom. The summed E-state index contributed by atoms with van der Waals surface area (Å²) in [7, 11) is 0. The number of ketones is 2. The molecule has 3 heteroatoms. The summed E-state index contributed by atoms with van der Waals surface area (Å²) in [5.41, 5.74) is 1.98. The highest BCUT2D eigenvalue weighted by molar-refractivity contribution is 6.13. The number of Topliss-reactive ketones (excluding diaryl/α,β-unsaturated/α-hetero) is 1. The Balaban J connectivity index is 2.38. The van der Waals surface area contributed by atoms with Crippen molar-refractivity contribution in [3.05, 3.63) is 47.0 Å². The lowest BCUT2D eigenvalue weighted by molar-refractivity contribution is -0.121. The van der Waals surface area contributed by atoms with Gasteiger partial charge in [-0.15, -0.1) is 0 Å². The standard InChI is InChI=1S/C14H14O3/c1-9-5-3-4-6-12(9)14(16)13-7-11(15)8-17-10(13)2/h3-7,10H,8H2,1-2H3. The molecule has 1 aliphatic rings. The fourth-order valence-electron chi connectivity index (χ4n) is 1.86. The van der Waals surface area contributed by atoms with Crippen molar-refractivity contribution in [2.24, 2.45) is 0 Å². The fourth-order valence-corrected chi connectivity index (χ4v) is 1.86. The molecule has 3 nitrogen and oxygen atoms in total. The van der Waals surface area contributed by atoms with Crippen molar-refractivity contribution in [2.75, 3.05) is 6.61 Å². The molecular weight excluding hydrogens is 216 g/mol. The van der Waals surface area contributed by atoms with Gasteiger partial charge in [0.2, 0.25) is 0 Å². The lowest BCUT2D eigenvalue weighted by atomic mass is 9.94. The van der Waals surface area contributed by atoms with Crippen LogP contribution < -0.4 is 0 Å². The Morgan fingerprint density at radius 1 is 1.35 bits per heavy atom. The van der Waals surface area contributed by atoms with Gasteiger partial charge < -0.3 is 4.74 Å². The number of rotatable bonds is 2. The van der Waals surface area contributed by atoms with Crippen LogP contribution in [0.4, 0.5) is 0 Å². The highest BCUT2D eigenvalue weighted by Gasteiger charge is 2.25. The molecule has 1 aliphatic heterocycles. The van der Waals surface area contributed by atoms with Crippen molar-refractivity contribution < 1.29 is 14.3 Å². The quantitative estimate of drug-likeness (QED) is 0.731. The highest BCUT2D eigenvalue weighted by Crippen LogP contribution is 2.19. The number of aryl methyl sites for hydroxylation is 1. The van der Waals surface area contributed by atoms with Gasteiger partial charge in [0.15, 0.2) is 11.6 Å². The average molecular weight is 230 g/mol. The Bertz CT molecular complexity index is 500. The van der Waals surface area contributed by atoms with Crippen LogP contribution in [0, 0.1) is 6.92 Å². The van der Waals surface area contributed by atoms with Crippen LogP contribution in [0.2, 0.25) is 0 Å². The van der Waals surface area contributed by atoms with Crippen LogP contribution in [0.25, 0.3) is 0 Å². The van der Waals surface area contributed by atoms with Gasteiger partial charge in [0, 0.05) is 11.1 Å². The number of hydrogen-bond donors (Lipinski definition) is 0. The van der Waals surface area contributed by atoms with Crippen LogP contribution in [-0.4, -0.2) is 24.3 Å². The molecule has 0 aromatic heterocycles. The van der Waals surface area contributed by atoms with Crippen LogP contribution in [0.3, 0.4) is 0 Å². The molecule has 1 atom stereocenters. The van der Waals surface area contributed by atoms with Gasteiger partial charge in [-0.2, -0.15) is 0 Å². The van der Waals surface area contributed by atoms with E-state index >= 15 is 0 Å². The molecule has 2 rings (SSSR count). The van der Waals surface area contributed by atoms with Gasteiger partial charge in [0.25, 0.3) is 0 Å². The normalized spacial score (nSPS) is 20.0. The summed E-state index contributed by atoms with van der Waals surface area (Å²) in [6.45, 7) is 3.73. The highest BCUT2D eigenvalue weighted by atomic mass is 16.5. The van der Waals surface area contributed by atoms with Crippen molar-refractivity contribution in [1.82, 2.24) is 0 Å². The lowest BCUT2D eigenvalue weighted by Gasteiger charge is -2.20. The Morgan fingerprint density at radius 3 is 2.76 bits per heavy atom. The van der Waals surface area contributed by atoms with Gasteiger partial charge in [-0.05, 0) is 25.5 Å². The second-order valence-electron chi connectivity index (χ2n) is 4.16. The van der Waals surface area contributed by atoms with Crippen LogP contribution in [0.5, 0.6) is 0 Å². The molecule has 0 bridgehead atoms. The van der Waals surface area contributed by atoms with E-state index < -0.39 is 0 Å². The zero-order valence-electron chi connectivity index (χ0n) is 9.90. The number of hydrogen-bond acceptors (Lipinski definition) is 3. The number of ether oxygens (including phenoxy) is 1. The van der Waals surface area contributed by atoms with E-state index in [1.807, 2.05) is 25.1 Å². The van der Waals surface area contributed by atoms with Gasteiger partial charge in [-0.3, -0.25) is 9.59 Å². The minimum Gasteiger partial charge on any atom is -0.366 e. The second kappa shape index (κ2) is 4.63. The van der Waals surface area contributed by atoms with E-state index in [4.69, 9.17) is 4.74 Å². The molecule has 0 amide bonds. The molecule has 1 aromatic rings. The Kier molecular flexibility index (Phi) is 3.20. The summed E-state index contributed by atoms with van der Waals surface area (Å²) in [5.74, 6) is -0.274. The Hall–Kier alpha value is -1.74. The number of benzene rings is 1. The number of carbonyl (C=O) groups excluding carboxylic acids is 2. The molecule has 1 heterocycles. The molecule has 17 heavy (non-hydrogen) atoms. The van der Waals surface area contributed by atoms with Gasteiger partial charge in [0.05, 0.1) is 6.10 Å². The Labute approximate surface area is 100 Å². The lowest BCUT2D eigenvalue weighted by Crippen LogP contribution is -2.27. The third kappa shape index (κ3) is 2.34. The third-order valence-corrected chi connectivity index (χ3v) is 2.88. The van der Waals surface area contributed by atoms with E-state index in [2.05, 4.69) is 0 Å². The zero-order valence-corrected chi connectivity index (χ0v) is 9.90. The monoisotopic (exact) mass is 230 g/mol. The maximum Gasteiger partial charge on any atom is 0.192 e. The number of carbonyl (C=O) groups is 2. The van der Waals surface area contributed by atoms with E-state index in [9.17, 15) is 9.59 Å². The first-order chi connectivity index (χ1) is 8.09. The van der Waals surface area contributed by atoms with Crippen molar-refractivity contribution in [1.29, 1.82) is 0 Å². The van der Waals surface area contributed by atoms with Crippen molar-refractivity contribution in [3.8, 4) is 0 Å². The molecule has 0 aliphatic carbocycles. The summed E-state index contributed by atoms with van der Waals surface area (Å²) in [4.78, 5) is 23.6. The molecule has 0 radical (unpaired) electrons. The summed E-state index contributed by atoms with van der Waals surface area (Å²) < 4.78 is 5.25. The molecule has 1 aromatic carbocycles. The van der Waals surface area contributed by atoms with Crippen molar-refractivity contribution in [3.63, 3.8) is 0 Å². The van der Waals surface area contributed by atoms with E-state index in [1.54, 1.807) is 13.0 Å². The van der Waals surface area contributed by atoms with E-state index in [1.165, 1.54) is 6.08 Å². The molecular formula is C14H14O3. The first-order valence-corrected chi connectivity index (χ1v) is 5.56. The smallest absolute Gasteiger partial charge is 0.192 e. The van der Waals surface area contributed by atoms with Crippen LogP contribution in [0.15, 0.2) is 35.9 Å². The molecule has 0 spiro atoms. The molecule has 0 fully saturated rings. The predicted octanol–water partition coefficient (Wildman–Crippen LogP) is 2.09. The summed E-state index contributed by atoms with van der Waals surface area (Å²) in [6, 6.07) is 7.34. The first-order valence-electron chi connectivity index (χ1n) is 5.56. The molecule has 88 valence electrons. The van der Waals surface area contributed by atoms with E-state index in [0.29, 0.717) is 11.1 Å². The minimum absolute atomic E-state index is 0.0612. The van der Waals surface area contributed by atoms with E-state index in [0.717, 1.165) is 5.56 Å². The predicted molar refractivity (Wildman–Crippen MR) is 64.0 cm³/mol. The largest absolute Gasteiger partial charge is 0.366 e. The van der Waals surface area contributed by atoms with Crippen LogP contribution in [-0.2, 0) is 9.53 Å². The van der Waals surface area contributed by atoms with Gasteiger partial charge in [-0.1, -0.05) is 24.3 Å².